The fourth-order valence-corrected chi connectivity index (χ4v) is 3.13. The van der Waals surface area contributed by atoms with Crippen LogP contribution >= 0.6 is 12.2 Å². The average molecular weight is 413 g/mol. The summed E-state index contributed by atoms with van der Waals surface area (Å²) in [7, 11) is 0. The summed E-state index contributed by atoms with van der Waals surface area (Å²) in [6.07, 6.45) is 0. The Hall–Kier alpha value is -3.84. The number of rotatable bonds is 6. The van der Waals surface area contributed by atoms with E-state index >= 15 is 0 Å². The summed E-state index contributed by atoms with van der Waals surface area (Å²) in [6.45, 7) is 0.473. The van der Waals surface area contributed by atoms with Gasteiger partial charge in [-0.15, -0.1) is 10.2 Å². The molecular formula is C23H20N6S. The highest BCUT2D eigenvalue weighted by Crippen LogP contribution is 2.28. The molecule has 0 fully saturated rings. The molecule has 0 atom stereocenters. The first-order valence-corrected chi connectivity index (χ1v) is 9.84. The maximum absolute atomic E-state index is 5.92. The van der Waals surface area contributed by atoms with Gasteiger partial charge in [0, 0.05) is 11.1 Å². The second-order valence-electron chi connectivity index (χ2n) is 6.59. The SMILES string of the molecule is NC(=S)N(Cc1ccccc1)Nc1nnc(-c2ccccc2)c(-c2ccccc2)n1. The highest BCUT2D eigenvalue weighted by Gasteiger charge is 2.15. The van der Waals surface area contributed by atoms with E-state index < -0.39 is 0 Å². The molecule has 4 aromatic rings. The van der Waals surface area contributed by atoms with Crippen LogP contribution < -0.4 is 11.2 Å². The predicted octanol–water partition coefficient (Wildman–Crippen LogP) is 4.28. The van der Waals surface area contributed by atoms with E-state index in [4.69, 9.17) is 22.9 Å². The summed E-state index contributed by atoms with van der Waals surface area (Å²) in [6, 6.07) is 29.7. The van der Waals surface area contributed by atoms with Crippen LogP contribution in [-0.2, 0) is 6.54 Å². The van der Waals surface area contributed by atoms with Crippen LogP contribution in [0.25, 0.3) is 22.5 Å². The van der Waals surface area contributed by atoms with Gasteiger partial charge >= 0.3 is 0 Å². The summed E-state index contributed by atoms with van der Waals surface area (Å²) in [4.78, 5) is 4.74. The Bertz CT molecular complexity index is 1120. The van der Waals surface area contributed by atoms with Crippen LogP contribution in [0.2, 0.25) is 0 Å². The molecule has 1 aromatic heterocycles. The third-order valence-corrected chi connectivity index (χ3v) is 4.69. The number of thiocarbonyl (C=S) groups is 1. The Morgan fingerprint density at radius 2 is 1.30 bits per heavy atom. The molecule has 0 amide bonds. The molecular weight excluding hydrogens is 392 g/mol. The Kier molecular flexibility index (Phi) is 5.91. The molecule has 0 saturated heterocycles. The summed E-state index contributed by atoms with van der Waals surface area (Å²) in [5, 5.41) is 10.5. The van der Waals surface area contributed by atoms with E-state index in [0.717, 1.165) is 22.4 Å². The number of hydrogen-bond donors (Lipinski definition) is 2. The van der Waals surface area contributed by atoms with E-state index in [1.165, 1.54) is 0 Å². The summed E-state index contributed by atoms with van der Waals surface area (Å²) in [5.41, 5.74) is 13.4. The van der Waals surface area contributed by atoms with E-state index in [1.54, 1.807) is 5.01 Å². The van der Waals surface area contributed by atoms with Crippen molar-refractivity contribution in [3.8, 4) is 22.5 Å². The zero-order valence-corrected chi connectivity index (χ0v) is 17.0. The van der Waals surface area contributed by atoms with Gasteiger partial charge in [0.1, 0.15) is 11.4 Å². The number of anilines is 1. The van der Waals surface area contributed by atoms with Crippen LogP contribution in [0.1, 0.15) is 5.56 Å². The lowest BCUT2D eigenvalue weighted by Crippen LogP contribution is -2.40. The second-order valence-corrected chi connectivity index (χ2v) is 7.00. The van der Waals surface area contributed by atoms with E-state index in [9.17, 15) is 0 Å². The molecule has 4 rings (SSSR count). The number of hydrogen-bond acceptors (Lipinski definition) is 5. The van der Waals surface area contributed by atoms with Crippen molar-refractivity contribution < 1.29 is 0 Å². The quantitative estimate of drug-likeness (QED) is 0.361. The van der Waals surface area contributed by atoms with Gasteiger partial charge in [-0.05, 0) is 17.8 Å². The first kappa shape index (κ1) is 19.5. The van der Waals surface area contributed by atoms with E-state index in [1.807, 2.05) is 91.0 Å². The van der Waals surface area contributed by atoms with E-state index in [0.29, 0.717) is 18.2 Å². The zero-order valence-electron chi connectivity index (χ0n) is 16.1. The molecule has 0 saturated carbocycles. The monoisotopic (exact) mass is 412 g/mol. The average Bonchev–Trinajstić information content (AvgIpc) is 2.80. The molecule has 148 valence electrons. The standard InChI is InChI=1S/C23H20N6S/c24-22(30)29(16-17-10-4-1-5-11-17)28-23-25-20(18-12-6-2-7-13-18)21(26-27-23)19-14-8-3-9-15-19/h1-15H,16H2,(H2,24,30)(H,25,27,28). The molecule has 0 bridgehead atoms. The van der Waals surface area contributed by atoms with Gasteiger partial charge in [-0.25, -0.2) is 4.98 Å². The highest BCUT2D eigenvalue weighted by molar-refractivity contribution is 7.80. The third kappa shape index (κ3) is 4.59. The molecule has 0 aliphatic rings. The van der Waals surface area contributed by atoms with Crippen LogP contribution in [0.5, 0.6) is 0 Å². The molecule has 3 aromatic carbocycles. The molecule has 3 N–H and O–H groups in total. The van der Waals surface area contributed by atoms with Gasteiger partial charge in [0.05, 0.1) is 6.54 Å². The molecule has 0 radical (unpaired) electrons. The predicted molar refractivity (Wildman–Crippen MR) is 123 cm³/mol. The van der Waals surface area contributed by atoms with Gasteiger partial charge in [0.15, 0.2) is 5.11 Å². The van der Waals surface area contributed by atoms with Crippen molar-refractivity contribution in [2.45, 2.75) is 6.54 Å². The number of hydrazine groups is 1. The van der Waals surface area contributed by atoms with E-state index in [-0.39, 0.29) is 5.11 Å². The van der Waals surface area contributed by atoms with Crippen LogP contribution in [0.4, 0.5) is 5.95 Å². The van der Waals surface area contributed by atoms with Crippen molar-refractivity contribution in [2.24, 2.45) is 5.73 Å². The maximum atomic E-state index is 5.92. The summed E-state index contributed by atoms with van der Waals surface area (Å²) in [5.74, 6) is 0.317. The number of aromatic nitrogens is 3. The third-order valence-electron chi connectivity index (χ3n) is 4.47. The van der Waals surface area contributed by atoms with Gasteiger partial charge in [0.25, 0.3) is 5.95 Å². The van der Waals surface area contributed by atoms with Crippen molar-refractivity contribution >= 4 is 23.3 Å². The molecule has 30 heavy (non-hydrogen) atoms. The van der Waals surface area contributed by atoms with Gasteiger partial charge in [-0.1, -0.05) is 91.0 Å². The molecule has 0 aliphatic heterocycles. The molecule has 0 spiro atoms. The fourth-order valence-electron chi connectivity index (χ4n) is 3.02. The lowest BCUT2D eigenvalue weighted by Gasteiger charge is -2.23. The van der Waals surface area contributed by atoms with Crippen LogP contribution in [0, 0.1) is 0 Å². The van der Waals surface area contributed by atoms with Crippen molar-refractivity contribution in [3.05, 3.63) is 96.6 Å². The molecule has 0 aliphatic carbocycles. The largest absolute Gasteiger partial charge is 0.375 e. The Labute approximate surface area is 180 Å². The van der Waals surface area contributed by atoms with Crippen LogP contribution in [-0.4, -0.2) is 25.3 Å². The van der Waals surface area contributed by atoms with Crippen molar-refractivity contribution in [3.63, 3.8) is 0 Å². The lowest BCUT2D eigenvalue weighted by atomic mass is 10.0. The molecule has 1 heterocycles. The van der Waals surface area contributed by atoms with Gasteiger partial charge in [-0.3, -0.25) is 10.4 Å². The Morgan fingerprint density at radius 3 is 1.87 bits per heavy atom. The highest BCUT2D eigenvalue weighted by atomic mass is 32.1. The van der Waals surface area contributed by atoms with Crippen LogP contribution in [0.15, 0.2) is 91.0 Å². The summed E-state index contributed by atoms with van der Waals surface area (Å²) >= 11 is 5.21. The van der Waals surface area contributed by atoms with Crippen molar-refractivity contribution in [1.29, 1.82) is 0 Å². The topological polar surface area (TPSA) is 80.0 Å². The summed E-state index contributed by atoms with van der Waals surface area (Å²) < 4.78 is 0. The maximum Gasteiger partial charge on any atom is 0.262 e. The Balaban J connectivity index is 1.69. The lowest BCUT2D eigenvalue weighted by molar-refractivity contribution is 0.488. The van der Waals surface area contributed by atoms with Crippen molar-refractivity contribution in [1.82, 2.24) is 20.2 Å². The van der Waals surface area contributed by atoms with Crippen LogP contribution in [0.3, 0.4) is 0 Å². The van der Waals surface area contributed by atoms with Gasteiger partial charge in [0.2, 0.25) is 0 Å². The first-order valence-electron chi connectivity index (χ1n) is 9.44. The molecule has 6 nitrogen and oxygen atoms in total. The second kappa shape index (κ2) is 9.11. The fraction of sp³-hybridized carbons (Fsp3) is 0.0435. The number of benzene rings is 3. The first-order chi connectivity index (χ1) is 14.7. The normalized spacial score (nSPS) is 10.4. The van der Waals surface area contributed by atoms with Crippen molar-refractivity contribution in [2.75, 3.05) is 5.43 Å². The Morgan fingerprint density at radius 1 is 0.767 bits per heavy atom. The van der Waals surface area contributed by atoms with E-state index in [2.05, 4.69) is 15.6 Å². The zero-order chi connectivity index (χ0) is 20.8. The number of nitrogens with two attached hydrogens (primary N) is 1. The molecule has 0 unspecified atom stereocenters. The smallest absolute Gasteiger partial charge is 0.262 e. The van der Waals surface area contributed by atoms with Gasteiger partial charge < -0.3 is 5.73 Å². The number of nitrogens with zero attached hydrogens (tertiary/aromatic N) is 4. The minimum atomic E-state index is 0.191. The molecule has 7 heteroatoms. The number of nitrogens with one attached hydrogen (secondary N) is 1. The minimum Gasteiger partial charge on any atom is -0.375 e. The van der Waals surface area contributed by atoms with Gasteiger partial charge in [-0.2, -0.15) is 0 Å². The minimum absolute atomic E-state index is 0.191.